The number of phenols is 1. The average molecular weight is 318 g/mol. The summed E-state index contributed by atoms with van der Waals surface area (Å²) in [5, 5.41) is 13.6. The lowest BCUT2D eigenvalue weighted by Gasteiger charge is -2.16. The van der Waals surface area contributed by atoms with Gasteiger partial charge in [0, 0.05) is 5.02 Å². The van der Waals surface area contributed by atoms with Crippen molar-refractivity contribution in [3.8, 4) is 11.5 Å². The number of hydrogen-bond donors (Lipinski definition) is 2. The predicted molar refractivity (Wildman–Crippen MR) is 84.6 cm³/mol. The van der Waals surface area contributed by atoms with Gasteiger partial charge in [-0.25, -0.2) is 0 Å². The summed E-state index contributed by atoms with van der Waals surface area (Å²) in [6, 6.07) is 10.4. The van der Waals surface area contributed by atoms with Crippen LogP contribution < -0.4 is 10.1 Å². The molecule has 1 amide bonds. The summed E-state index contributed by atoms with van der Waals surface area (Å²) in [4.78, 5) is 12.5. The highest BCUT2D eigenvalue weighted by Crippen LogP contribution is 2.34. The van der Waals surface area contributed by atoms with E-state index in [1.165, 1.54) is 13.2 Å². The van der Waals surface area contributed by atoms with Gasteiger partial charge < -0.3 is 15.2 Å². The third-order valence-corrected chi connectivity index (χ3v) is 4.17. The molecule has 4 nitrogen and oxygen atoms in total. The Morgan fingerprint density at radius 3 is 2.95 bits per heavy atom. The minimum Gasteiger partial charge on any atom is -0.507 e. The monoisotopic (exact) mass is 317 g/mol. The molecule has 0 aromatic heterocycles. The number of carbonyl (C=O) groups is 1. The highest BCUT2D eigenvalue weighted by molar-refractivity contribution is 6.30. The first-order chi connectivity index (χ1) is 10.6. The minimum atomic E-state index is -0.345. The number of hydrogen-bond acceptors (Lipinski definition) is 3. The van der Waals surface area contributed by atoms with E-state index in [0.717, 1.165) is 24.0 Å². The molecular weight excluding hydrogens is 302 g/mol. The number of amides is 1. The van der Waals surface area contributed by atoms with Gasteiger partial charge in [0.15, 0.2) is 0 Å². The van der Waals surface area contributed by atoms with Crippen LogP contribution >= 0.6 is 11.6 Å². The summed E-state index contributed by atoms with van der Waals surface area (Å²) in [5.41, 5.74) is 2.39. The van der Waals surface area contributed by atoms with Gasteiger partial charge >= 0.3 is 0 Å². The fourth-order valence-electron chi connectivity index (χ4n) is 2.88. The molecule has 3 rings (SSSR count). The van der Waals surface area contributed by atoms with Crippen LogP contribution in [0.4, 0.5) is 0 Å². The Morgan fingerprint density at radius 2 is 2.18 bits per heavy atom. The fraction of sp³-hybridized carbons (Fsp3) is 0.235. The number of aromatic hydroxyl groups is 1. The number of ether oxygens (including phenoxy) is 1. The highest BCUT2D eigenvalue weighted by atomic mass is 35.5. The van der Waals surface area contributed by atoms with Crippen molar-refractivity contribution in [1.29, 1.82) is 0 Å². The molecule has 0 bridgehead atoms. The molecule has 0 saturated heterocycles. The molecule has 0 fully saturated rings. The van der Waals surface area contributed by atoms with Crippen LogP contribution in [0.15, 0.2) is 36.4 Å². The summed E-state index contributed by atoms with van der Waals surface area (Å²) in [5.74, 6) is -0.0826. The minimum absolute atomic E-state index is 0.0796. The molecule has 5 heteroatoms. The SMILES string of the molecule is COc1cccc(O)c1C(=O)NC1CCc2cc(Cl)ccc21. The van der Waals surface area contributed by atoms with Crippen molar-refractivity contribution in [1.82, 2.24) is 5.32 Å². The third kappa shape index (κ3) is 2.62. The maximum absolute atomic E-state index is 12.5. The first-order valence-electron chi connectivity index (χ1n) is 7.05. The molecule has 0 radical (unpaired) electrons. The van der Waals surface area contributed by atoms with E-state index in [4.69, 9.17) is 16.3 Å². The Hall–Kier alpha value is -2.20. The molecule has 22 heavy (non-hydrogen) atoms. The highest BCUT2D eigenvalue weighted by Gasteiger charge is 2.26. The van der Waals surface area contributed by atoms with Crippen LogP contribution in [0.5, 0.6) is 11.5 Å². The zero-order chi connectivity index (χ0) is 15.7. The lowest BCUT2D eigenvalue weighted by molar-refractivity contribution is 0.0931. The van der Waals surface area contributed by atoms with E-state index in [2.05, 4.69) is 5.32 Å². The van der Waals surface area contributed by atoms with Gasteiger partial charge in [0.25, 0.3) is 5.91 Å². The molecule has 2 aromatic carbocycles. The zero-order valence-electron chi connectivity index (χ0n) is 12.1. The maximum atomic E-state index is 12.5. The van der Waals surface area contributed by atoms with Crippen LogP contribution in [0.3, 0.4) is 0 Å². The number of halogens is 1. The van der Waals surface area contributed by atoms with Gasteiger partial charge in [-0.05, 0) is 48.2 Å². The molecule has 114 valence electrons. The third-order valence-electron chi connectivity index (χ3n) is 3.94. The van der Waals surface area contributed by atoms with E-state index >= 15 is 0 Å². The van der Waals surface area contributed by atoms with Crippen molar-refractivity contribution in [2.75, 3.05) is 7.11 Å². The largest absolute Gasteiger partial charge is 0.507 e. The topological polar surface area (TPSA) is 58.6 Å². The second kappa shape index (κ2) is 5.89. The Labute approximate surface area is 133 Å². The molecule has 1 atom stereocenters. The number of methoxy groups -OCH3 is 1. The molecule has 0 heterocycles. The van der Waals surface area contributed by atoms with Gasteiger partial charge in [-0.3, -0.25) is 4.79 Å². The van der Waals surface area contributed by atoms with E-state index in [9.17, 15) is 9.90 Å². The molecule has 1 unspecified atom stereocenters. The van der Waals surface area contributed by atoms with Crippen molar-refractivity contribution in [3.63, 3.8) is 0 Å². The second-order valence-corrected chi connectivity index (χ2v) is 5.70. The van der Waals surface area contributed by atoms with Gasteiger partial charge in [0.05, 0.1) is 13.2 Å². The quantitative estimate of drug-likeness (QED) is 0.911. The van der Waals surface area contributed by atoms with Crippen molar-refractivity contribution in [2.45, 2.75) is 18.9 Å². The lowest BCUT2D eigenvalue weighted by atomic mass is 10.1. The number of phenolic OH excluding ortho intramolecular Hbond substituents is 1. The van der Waals surface area contributed by atoms with Crippen LogP contribution in [-0.4, -0.2) is 18.1 Å². The second-order valence-electron chi connectivity index (χ2n) is 5.26. The Bertz CT molecular complexity index is 730. The number of carbonyl (C=O) groups excluding carboxylic acids is 1. The van der Waals surface area contributed by atoms with Crippen LogP contribution in [-0.2, 0) is 6.42 Å². The van der Waals surface area contributed by atoms with Gasteiger partial charge in [-0.2, -0.15) is 0 Å². The number of benzene rings is 2. The van der Waals surface area contributed by atoms with E-state index in [1.54, 1.807) is 12.1 Å². The van der Waals surface area contributed by atoms with Crippen LogP contribution in [0.1, 0.15) is 33.9 Å². The standard InChI is InChI=1S/C17H16ClNO3/c1-22-15-4-2-3-14(20)16(15)17(21)19-13-8-5-10-9-11(18)6-7-12(10)13/h2-4,6-7,9,13,20H,5,8H2,1H3,(H,19,21). The summed E-state index contributed by atoms with van der Waals surface area (Å²) in [7, 11) is 1.47. The lowest BCUT2D eigenvalue weighted by Crippen LogP contribution is -2.27. The molecule has 0 saturated carbocycles. The maximum Gasteiger partial charge on any atom is 0.259 e. The summed E-state index contributed by atoms with van der Waals surface area (Å²) in [6.45, 7) is 0. The van der Waals surface area contributed by atoms with E-state index in [0.29, 0.717) is 10.8 Å². The van der Waals surface area contributed by atoms with Crippen LogP contribution in [0.2, 0.25) is 5.02 Å². The van der Waals surface area contributed by atoms with Gasteiger partial charge in [-0.15, -0.1) is 0 Å². The number of fused-ring (bicyclic) bond motifs is 1. The normalized spacial score (nSPS) is 16.2. The fourth-order valence-corrected chi connectivity index (χ4v) is 3.08. The molecule has 1 aliphatic rings. The molecule has 2 aromatic rings. The van der Waals surface area contributed by atoms with Gasteiger partial charge in [0.2, 0.25) is 0 Å². The Morgan fingerprint density at radius 1 is 1.36 bits per heavy atom. The Kier molecular flexibility index (Phi) is 3.94. The Balaban J connectivity index is 1.85. The van der Waals surface area contributed by atoms with Crippen molar-refractivity contribution in [3.05, 3.63) is 58.1 Å². The van der Waals surface area contributed by atoms with Crippen LogP contribution in [0.25, 0.3) is 0 Å². The number of nitrogens with one attached hydrogen (secondary N) is 1. The van der Waals surface area contributed by atoms with Crippen molar-refractivity contribution >= 4 is 17.5 Å². The first kappa shape index (κ1) is 14.7. The number of aryl methyl sites for hydroxylation is 1. The van der Waals surface area contributed by atoms with E-state index < -0.39 is 0 Å². The van der Waals surface area contributed by atoms with E-state index in [-0.39, 0.29) is 23.3 Å². The molecule has 0 aliphatic heterocycles. The summed E-state index contributed by atoms with van der Waals surface area (Å²) in [6.07, 6.45) is 1.69. The molecular formula is C17H16ClNO3. The van der Waals surface area contributed by atoms with Crippen molar-refractivity contribution in [2.24, 2.45) is 0 Å². The molecule has 2 N–H and O–H groups in total. The first-order valence-corrected chi connectivity index (χ1v) is 7.43. The van der Waals surface area contributed by atoms with Crippen LogP contribution in [0, 0.1) is 0 Å². The predicted octanol–water partition coefficient (Wildman–Crippen LogP) is 3.47. The smallest absolute Gasteiger partial charge is 0.259 e. The van der Waals surface area contributed by atoms with Gasteiger partial charge in [0.1, 0.15) is 17.1 Å². The van der Waals surface area contributed by atoms with Crippen molar-refractivity contribution < 1.29 is 14.6 Å². The average Bonchev–Trinajstić information content (AvgIpc) is 2.88. The number of rotatable bonds is 3. The van der Waals surface area contributed by atoms with Gasteiger partial charge in [-0.1, -0.05) is 23.7 Å². The summed E-state index contributed by atoms with van der Waals surface area (Å²) < 4.78 is 5.16. The molecule has 1 aliphatic carbocycles. The molecule has 0 spiro atoms. The van der Waals surface area contributed by atoms with E-state index in [1.807, 2.05) is 18.2 Å². The summed E-state index contributed by atoms with van der Waals surface area (Å²) >= 11 is 6.00. The zero-order valence-corrected chi connectivity index (χ0v) is 12.9.